The van der Waals surface area contributed by atoms with Crippen LogP contribution < -0.4 is 0 Å². The first-order valence-corrected chi connectivity index (χ1v) is 10.3. The van der Waals surface area contributed by atoms with Gasteiger partial charge in [0.15, 0.2) is 5.67 Å². The van der Waals surface area contributed by atoms with Crippen LogP contribution in [0, 0.1) is 18.3 Å². The van der Waals surface area contributed by atoms with Crippen molar-refractivity contribution < 1.29 is 27.3 Å². The predicted octanol–water partition coefficient (Wildman–Crippen LogP) is 2.83. The van der Waals surface area contributed by atoms with E-state index in [1.54, 1.807) is 32.9 Å². The summed E-state index contributed by atoms with van der Waals surface area (Å²) in [5, 5.41) is 14.2. The highest BCUT2D eigenvalue weighted by Crippen LogP contribution is 2.62. The highest BCUT2D eigenvalue weighted by Gasteiger charge is 2.70. The van der Waals surface area contributed by atoms with E-state index in [4.69, 9.17) is 18.3 Å². The molecule has 2 fully saturated rings. The molecule has 28 heavy (non-hydrogen) atoms. The van der Waals surface area contributed by atoms with Crippen LogP contribution in [0.4, 0.5) is 4.39 Å². The van der Waals surface area contributed by atoms with Gasteiger partial charge in [0.05, 0.1) is 29.6 Å². The molecule has 9 nitrogen and oxygen atoms in total. The summed E-state index contributed by atoms with van der Waals surface area (Å²) in [5.74, 6) is 0. The molecule has 0 N–H and O–H groups in total. The third-order valence-electron chi connectivity index (χ3n) is 5.03. The molecule has 2 aliphatic heterocycles. The van der Waals surface area contributed by atoms with E-state index in [0.717, 1.165) is 0 Å². The number of alkyl halides is 1. The number of phosphoric acid groups is 1. The van der Waals surface area contributed by atoms with Gasteiger partial charge in [0.2, 0.25) is 5.60 Å². The second-order valence-electron chi connectivity index (χ2n) is 7.31. The van der Waals surface area contributed by atoms with Crippen LogP contribution in [0.1, 0.15) is 32.2 Å². The van der Waals surface area contributed by atoms with Crippen molar-refractivity contribution in [2.24, 2.45) is 0 Å². The summed E-state index contributed by atoms with van der Waals surface area (Å²) in [4.78, 5) is 4.10. The lowest BCUT2D eigenvalue weighted by atomic mass is 9.82. The second kappa shape index (κ2) is 6.31. The molecule has 4 rings (SSSR count). The Morgan fingerprint density at radius 1 is 1.50 bits per heavy atom. The van der Waals surface area contributed by atoms with E-state index < -0.39 is 37.4 Å². The first-order valence-electron chi connectivity index (χ1n) is 8.83. The Bertz CT molecular complexity index is 1020. The Labute approximate surface area is 161 Å². The van der Waals surface area contributed by atoms with Gasteiger partial charge in [-0.25, -0.2) is 18.5 Å². The van der Waals surface area contributed by atoms with Crippen molar-refractivity contribution in [2.45, 2.75) is 57.3 Å². The molecule has 2 aromatic rings. The number of aromatic nitrogens is 3. The van der Waals surface area contributed by atoms with Crippen molar-refractivity contribution >= 4 is 13.3 Å². The smallest absolute Gasteiger partial charge is 0.343 e. The number of hydrogen-bond acceptors (Lipinski definition) is 8. The van der Waals surface area contributed by atoms with Crippen LogP contribution in [-0.2, 0) is 28.5 Å². The number of phosphoric ester groups is 1. The summed E-state index contributed by atoms with van der Waals surface area (Å²) in [5.41, 5.74) is -2.93. The van der Waals surface area contributed by atoms with Crippen molar-refractivity contribution in [3.8, 4) is 6.07 Å². The van der Waals surface area contributed by atoms with Crippen molar-refractivity contribution in [3.63, 3.8) is 0 Å². The lowest BCUT2D eigenvalue weighted by molar-refractivity contribution is -0.0802. The Morgan fingerprint density at radius 2 is 2.25 bits per heavy atom. The Hall–Kier alpha value is -1.89. The normalized spacial score (nSPS) is 37.9. The molecule has 150 valence electrons. The molecule has 0 radical (unpaired) electrons. The molecule has 0 aliphatic carbocycles. The summed E-state index contributed by atoms with van der Waals surface area (Å²) < 4.78 is 52.1. The molecule has 4 heterocycles. The van der Waals surface area contributed by atoms with Crippen LogP contribution in [0.2, 0.25) is 0 Å². The Morgan fingerprint density at radius 3 is 2.93 bits per heavy atom. The minimum absolute atomic E-state index is 0.193. The number of nitriles is 1. The first kappa shape index (κ1) is 19.4. The number of fused-ring (bicyclic) bond motifs is 2. The van der Waals surface area contributed by atoms with Gasteiger partial charge in [0.25, 0.3) is 0 Å². The average molecular weight is 410 g/mol. The third kappa shape index (κ3) is 2.62. The van der Waals surface area contributed by atoms with Crippen LogP contribution in [0.25, 0.3) is 5.52 Å². The maximum absolute atomic E-state index is 16.2. The van der Waals surface area contributed by atoms with E-state index in [1.807, 2.05) is 6.07 Å². The quantitative estimate of drug-likeness (QED) is 0.711. The molecule has 0 bridgehead atoms. The van der Waals surface area contributed by atoms with E-state index >= 15 is 4.39 Å². The molecule has 0 saturated carbocycles. The molecule has 5 atom stereocenters. The molecule has 2 saturated heterocycles. The van der Waals surface area contributed by atoms with E-state index in [0.29, 0.717) is 11.2 Å². The number of hydrogen-bond donors (Lipinski definition) is 0. The van der Waals surface area contributed by atoms with Crippen LogP contribution in [0.5, 0.6) is 0 Å². The van der Waals surface area contributed by atoms with E-state index in [-0.39, 0.29) is 12.3 Å². The zero-order valence-electron chi connectivity index (χ0n) is 15.8. The molecule has 0 aromatic carbocycles. The van der Waals surface area contributed by atoms with Gasteiger partial charge in [-0.2, -0.15) is 10.4 Å². The average Bonchev–Trinajstić information content (AvgIpc) is 3.13. The van der Waals surface area contributed by atoms with Gasteiger partial charge in [0.1, 0.15) is 24.6 Å². The van der Waals surface area contributed by atoms with Crippen molar-refractivity contribution in [1.82, 2.24) is 14.6 Å². The molecule has 11 heteroatoms. The number of ether oxygens (including phenoxy) is 1. The summed E-state index contributed by atoms with van der Waals surface area (Å²) in [6.07, 6.45) is -1.40. The molecule has 2 aliphatic rings. The molecule has 0 spiro atoms. The number of halogens is 1. The summed E-state index contributed by atoms with van der Waals surface area (Å²) >= 11 is 0. The number of rotatable bonds is 3. The molecular formula is C17H20FN4O5P. The van der Waals surface area contributed by atoms with E-state index in [2.05, 4.69) is 10.1 Å². The largest absolute Gasteiger partial charge is 0.475 e. The molecule has 1 unspecified atom stereocenters. The SMILES string of the molecule is Cc1ncnn2c([C@]3(C#N)O[C@@H]4COP(=O)(OC(C)C)O[C@H]4[C@@]3(C)F)ccc12. The predicted molar refractivity (Wildman–Crippen MR) is 94.1 cm³/mol. The zero-order chi connectivity index (χ0) is 20.3. The number of aryl methyl sites for hydroxylation is 1. The Balaban J connectivity index is 1.80. The fourth-order valence-corrected chi connectivity index (χ4v) is 5.35. The van der Waals surface area contributed by atoms with Gasteiger partial charge < -0.3 is 4.74 Å². The monoisotopic (exact) mass is 410 g/mol. The lowest BCUT2D eigenvalue weighted by Crippen LogP contribution is -2.50. The minimum Gasteiger partial charge on any atom is -0.343 e. The zero-order valence-corrected chi connectivity index (χ0v) is 16.7. The topological polar surface area (TPSA) is 108 Å². The van der Waals surface area contributed by atoms with Gasteiger partial charge >= 0.3 is 7.82 Å². The van der Waals surface area contributed by atoms with E-state index in [1.165, 1.54) is 17.8 Å². The fourth-order valence-electron chi connectivity index (χ4n) is 3.72. The standard InChI is InChI=1S/C17H20FN4O5P/c1-10(2)26-28(23)24-7-13-15(27-28)16(4,18)17(8-19,25-13)14-6-5-12-11(3)20-9-21-22(12)14/h5-6,9-10,13,15H,7H2,1-4H3/t13-,15-,16-,17+,28?/m1/s1. The first-order chi connectivity index (χ1) is 13.1. The van der Waals surface area contributed by atoms with Gasteiger partial charge in [-0.15, -0.1) is 0 Å². The molecule has 2 aromatic heterocycles. The van der Waals surface area contributed by atoms with Gasteiger partial charge in [-0.05, 0) is 39.8 Å². The highest BCUT2D eigenvalue weighted by atomic mass is 31.2. The summed E-state index contributed by atoms with van der Waals surface area (Å²) in [6, 6.07) is 5.22. The number of nitrogens with zero attached hydrogens (tertiary/aromatic N) is 4. The minimum atomic E-state index is -3.98. The van der Waals surface area contributed by atoms with Crippen molar-refractivity contribution in [2.75, 3.05) is 6.61 Å². The summed E-state index contributed by atoms with van der Waals surface area (Å²) in [7, 11) is -3.98. The van der Waals surface area contributed by atoms with Crippen LogP contribution >= 0.6 is 7.82 Å². The van der Waals surface area contributed by atoms with E-state index in [9.17, 15) is 9.83 Å². The summed E-state index contributed by atoms with van der Waals surface area (Å²) in [6.45, 7) is 6.06. The van der Waals surface area contributed by atoms with Crippen LogP contribution in [0.15, 0.2) is 18.5 Å². The van der Waals surface area contributed by atoms with Crippen molar-refractivity contribution in [3.05, 3.63) is 29.8 Å². The van der Waals surface area contributed by atoms with Crippen LogP contribution in [0.3, 0.4) is 0 Å². The second-order valence-corrected chi connectivity index (χ2v) is 8.88. The highest BCUT2D eigenvalue weighted by molar-refractivity contribution is 7.48. The van der Waals surface area contributed by atoms with Gasteiger partial charge in [0, 0.05) is 0 Å². The fraction of sp³-hybridized carbons (Fsp3) is 0.588. The maximum Gasteiger partial charge on any atom is 0.475 e. The molecular weight excluding hydrogens is 390 g/mol. The third-order valence-corrected chi connectivity index (χ3v) is 6.66. The van der Waals surface area contributed by atoms with Crippen molar-refractivity contribution in [1.29, 1.82) is 5.26 Å². The molecule has 0 amide bonds. The maximum atomic E-state index is 16.2. The van der Waals surface area contributed by atoms with Gasteiger partial charge in [-0.1, -0.05) is 0 Å². The van der Waals surface area contributed by atoms with Crippen LogP contribution in [-0.4, -0.2) is 45.2 Å². The van der Waals surface area contributed by atoms with Gasteiger partial charge in [-0.3, -0.25) is 13.6 Å². The Kier molecular flexibility index (Phi) is 4.38. The lowest BCUT2D eigenvalue weighted by Gasteiger charge is -2.35.